The molecule has 0 heterocycles. The number of rotatable bonds is 4. The van der Waals surface area contributed by atoms with E-state index < -0.39 is 0 Å². The summed E-state index contributed by atoms with van der Waals surface area (Å²) in [6.07, 6.45) is 2.32. The Bertz CT molecular complexity index is 130. The summed E-state index contributed by atoms with van der Waals surface area (Å²) in [6, 6.07) is 0. The molecule has 0 radical (unpaired) electrons. The molecule has 0 aromatic heterocycles. The number of hydrogen-bond donors (Lipinski definition) is 0. The smallest absolute Gasteiger partial charge is 0.0547 e. The molecule has 0 aliphatic heterocycles. The van der Waals surface area contributed by atoms with E-state index in [1.807, 2.05) is 11.8 Å². The van der Waals surface area contributed by atoms with E-state index in [0.29, 0.717) is 0 Å². The van der Waals surface area contributed by atoms with Crippen molar-refractivity contribution in [2.45, 2.75) is 33.6 Å². The summed E-state index contributed by atoms with van der Waals surface area (Å²) in [5.41, 5.74) is 0. The van der Waals surface area contributed by atoms with Crippen LogP contribution in [0, 0.1) is 17.8 Å². The molecule has 0 amide bonds. The van der Waals surface area contributed by atoms with Crippen LogP contribution in [0.3, 0.4) is 0 Å². The summed E-state index contributed by atoms with van der Waals surface area (Å²) in [4.78, 5) is 0. The van der Waals surface area contributed by atoms with E-state index >= 15 is 0 Å². The quantitative estimate of drug-likeness (QED) is 0.461. The lowest BCUT2D eigenvalue weighted by Gasteiger charge is -1.99. The summed E-state index contributed by atoms with van der Waals surface area (Å²) in [6.45, 7) is 6.63. The Kier molecular flexibility index (Phi) is 7.95. The van der Waals surface area contributed by atoms with E-state index in [0.717, 1.165) is 18.1 Å². The highest BCUT2D eigenvalue weighted by Crippen LogP contribution is 2.04. The lowest BCUT2D eigenvalue weighted by Crippen LogP contribution is -1.88. The molecule has 0 fully saturated rings. The second-order valence-corrected chi connectivity index (χ2v) is 3.98. The molecule has 0 nitrogen and oxygen atoms in total. The molecule has 0 aromatic rings. The second kappa shape index (κ2) is 8.01. The van der Waals surface area contributed by atoms with Gasteiger partial charge in [-0.05, 0) is 11.7 Å². The first-order valence-electron chi connectivity index (χ1n) is 4.34. The van der Waals surface area contributed by atoms with Crippen LogP contribution in [-0.2, 0) is 0 Å². The van der Waals surface area contributed by atoms with Crippen LogP contribution in [0.1, 0.15) is 33.6 Å². The Morgan fingerprint density at radius 1 is 1.27 bits per heavy atom. The maximum Gasteiger partial charge on any atom is 0.0547 e. The van der Waals surface area contributed by atoms with Gasteiger partial charge in [0, 0.05) is 6.42 Å². The third-order valence-electron chi connectivity index (χ3n) is 1.65. The van der Waals surface area contributed by atoms with E-state index in [2.05, 4.69) is 32.6 Å². The van der Waals surface area contributed by atoms with Gasteiger partial charge < -0.3 is 0 Å². The monoisotopic (exact) mass is 170 g/mol. The lowest BCUT2D eigenvalue weighted by molar-refractivity contribution is 0.580. The molecule has 0 aromatic carbocycles. The molecule has 0 spiro atoms. The molecule has 0 aliphatic rings. The summed E-state index contributed by atoms with van der Waals surface area (Å²) in [7, 11) is 0. The van der Waals surface area contributed by atoms with E-state index in [4.69, 9.17) is 0 Å². The van der Waals surface area contributed by atoms with E-state index in [-0.39, 0.29) is 0 Å². The zero-order valence-corrected chi connectivity index (χ0v) is 8.63. The van der Waals surface area contributed by atoms with E-state index in [1.165, 1.54) is 12.2 Å². The summed E-state index contributed by atoms with van der Waals surface area (Å²) >= 11 is 1.89. The minimum Gasteiger partial charge on any atom is -0.149 e. The Labute approximate surface area is 75.1 Å². The molecule has 1 atom stereocenters. The van der Waals surface area contributed by atoms with E-state index in [1.54, 1.807) is 0 Å². The van der Waals surface area contributed by atoms with Gasteiger partial charge in [-0.3, -0.25) is 0 Å². The Hall–Kier alpha value is -0.0900. The van der Waals surface area contributed by atoms with Crippen LogP contribution in [-0.4, -0.2) is 11.5 Å². The predicted octanol–water partition coefficient (Wildman–Crippen LogP) is 3.18. The Morgan fingerprint density at radius 3 is 2.55 bits per heavy atom. The normalized spacial score (nSPS) is 11.9. The SMILES string of the molecule is CCSCC#CCC(C)CC. The molecule has 0 saturated carbocycles. The first-order valence-corrected chi connectivity index (χ1v) is 5.50. The van der Waals surface area contributed by atoms with Crippen LogP contribution in [0.25, 0.3) is 0 Å². The molecule has 0 aliphatic carbocycles. The molecule has 0 bridgehead atoms. The molecular formula is C10H18S. The zero-order valence-electron chi connectivity index (χ0n) is 7.81. The van der Waals surface area contributed by atoms with Crippen molar-refractivity contribution in [1.82, 2.24) is 0 Å². The van der Waals surface area contributed by atoms with E-state index in [9.17, 15) is 0 Å². The zero-order chi connectivity index (χ0) is 8.53. The topological polar surface area (TPSA) is 0 Å². The largest absolute Gasteiger partial charge is 0.149 e. The Morgan fingerprint density at radius 2 is 2.00 bits per heavy atom. The minimum atomic E-state index is 0.772. The molecule has 0 N–H and O–H groups in total. The van der Waals surface area contributed by atoms with Crippen molar-refractivity contribution in [2.75, 3.05) is 11.5 Å². The molecule has 11 heavy (non-hydrogen) atoms. The van der Waals surface area contributed by atoms with Crippen molar-refractivity contribution >= 4 is 11.8 Å². The van der Waals surface area contributed by atoms with Gasteiger partial charge in [-0.25, -0.2) is 0 Å². The maximum atomic E-state index is 3.20. The summed E-state index contributed by atoms with van der Waals surface area (Å²) < 4.78 is 0. The van der Waals surface area contributed by atoms with Crippen LogP contribution in [0.2, 0.25) is 0 Å². The highest BCUT2D eigenvalue weighted by Gasteiger charge is 1.92. The predicted molar refractivity (Wildman–Crippen MR) is 54.8 cm³/mol. The van der Waals surface area contributed by atoms with Crippen LogP contribution < -0.4 is 0 Å². The van der Waals surface area contributed by atoms with Crippen molar-refractivity contribution in [2.24, 2.45) is 5.92 Å². The van der Waals surface area contributed by atoms with Gasteiger partial charge in [0.25, 0.3) is 0 Å². The number of thioether (sulfide) groups is 1. The first-order chi connectivity index (χ1) is 5.31. The molecule has 64 valence electrons. The average Bonchev–Trinajstić information content (AvgIpc) is 2.04. The summed E-state index contributed by atoms with van der Waals surface area (Å²) in [5.74, 6) is 9.32. The van der Waals surface area contributed by atoms with Crippen LogP contribution in [0.15, 0.2) is 0 Å². The summed E-state index contributed by atoms with van der Waals surface area (Å²) in [5, 5.41) is 0. The van der Waals surface area contributed by atoms with Gasteiger partial charge in [0.1, 0.15) is 0 Å². The van der Waals surface area contributed by atoms with Crippen molar-refractivity contribution < 1.29 is 0 Å². The highest BCUT2D eigenvalue weighted by molar-refractivity contribution is 7.99. The van der Waals surface area contributed by atoms with Crippen molar-refractivity contribution in [3.63, 3.8) is 0 Å². The molecule has 0 rings (SSSR count). The van der Waals surface area contributed by atoms with Gasteiger partial charge in [0.2, 0.25) is 0 Å². The van der Waals surface area contributed by atoms with Crippen LogP contribution >= 0.6 is 11.8 Å². The fraction of sp³-hybridized carbons (Fsp3) is 0.800. The molecule has 1 heteroatoms. The highest BCUT2D eigenvalue weighted by atomic mass is 32.2. The van der Waals surface area contributed by atoms with Gasteiger partial charge in [-0.15, -0.1) is 17.7 Å². The minimum absolute atomic E-state index is 0.772. The van der Waals surface area contributed by atoms with Gasteiger partial charge in [-0.2, -0.15) is 0 Å². The fourth-order valence-electron chi connectivity index (χ4n) is 0.595. The second-order valence-electron chi connectivity index (χ2n) is 2.71. The van der Waals surface area contributed by atoms with Gasteiger partial charge in [0.15, 0.2) is 0 Å². The molecule has 0 saturated heterocycles. The third-order valence-corrected chi connectivity index (χ3v) is 2.41. The standard InChI is InChI=1S/C10H18S/c1-4-10(3)8-6-7-9-11-5-2/h10H,4-5,8-9H2,1-3H3. The number of hydrogen-bond acceptors (Lipinski definition) is 1. The van der Waals surface area contributed by atoms with Gasteiger partial charge in [0.05, 0.1) is 5.75 Å². The van der Waals surface area contributed by atoms with Crippen molar-refractivity contribution in [1.29, 1.82) is 0 Å². The van der Waals surface area contributed by atoms with Crippen LogP contribution in [0.5, 0.6) is 0 Å². The average molecular weight is 170 g/mol. The third kappa shape index (κ3) is 7.81. The van der Waals surface area contributed by atoms with Gasteiger partial charge in [-0.1, -0.05) is 33.1 Å². The first kappa shape index (κ1) is 10.9. The maximum absolute atomic E-state index is 3.20. The Balaban J connectivity index is 3.24. The fourth-order valence-corrected chi connectivity index (χ4v) is 1.00. The van der Waals surface area contributed by atoms with Gasteiger partial charge >= 0.3 is 0 Å². The van der Waals surface area contributed by atoms with Crippen LogP contribution in [0.4, 0.5) is 0 Å². The molecule has 1 unspecified atom stereocenters. The lowest BCUT2D eigenvalue weighted by atomic mass is 10.1. The molecular weight excluding hydrogens is 152 g/mol. The van der Waals surface area contributed by atoms with Crippen molar-refractivity contribution in [3.05, 3.63) is 0 Å². The van der Waals surface area contributed by atoms with Crippen molar-refractivity contribution in [3.8, 4) is 11.8 Å².